The summed E-state index contributed by atoms with van der Waals surface area (Å²) in [6.07, 6.45) is 7.91. The maximum atomic E-state index is 12.6. The van der Waals surface area contributed by atoms with Gasteiger partial charge in [0.25, 0.3) is 5.91 Å². The molecule has 0 aromatic heterocycles. The van der Waals surface area contributed by atoms with Crippen LogP contribution in [0, 0.1) is 12.8 Å². The highest BCUT2D eigenvalue weighted by Crippen LogP contribution is 2.23. The Morgan fingerprint density at radius 2 is 1.69 bits per heavy atom. The standard InChI is InChI=1S/C27H35N3O2/c1-20-8-5-6-13-25(20)27(32)29-24-12-7-9-21(18-24)19-30-16-14-22(15-17-30)26(31)28-23-10-3-2-4-11-23/h5-9,12-13,18,22-23H,2-4,10-11,14-17,19H2,1H3,(H,28,31)(H,29,32). The molecule has 0 unspecified atom stereocenters. The monoisotopic (exact) mass is 433 g/mol. The van der Waals surface area contributed by atoms with Crippen LogP contribution in [-0.4, -0.2) is 35.8 Å². The Bertz CT molecular complexity index is 928. The zero-order chi connectivity index (χ0) is 22.3. The van der Waals surface area contributed by atoms with Gasteiger partial charge in [0.15, 0.2) is 0 Å². The minimum atomic E-state index is -0.0787. The number of rotatable bonds is 6. The lowest BCUT2D eigenvalue weighted by atomic mass is 9.92. The summed E-state index contributed by atoms with van der Waals surface area (Å²) in [5.74, 6) is 0.329. The van der Waals surface area contributed by atoms with Gasteiger partial charge in [0.2, 0.25) is 5.91 Å². The maximum absolute atomic E-state index is 12.6. The van der Waals surface area contributed by atoms with Gasteiger partial charge in [-0.1, -0.05) is 49.6 Å². The van der Waals surface area contributed by atoms with E-state index in [0.29, 0.717) is 11.6 Å². The van der Waals surface area contributed by atoms with Gasteiger partial charge in [0, 0.05) is 29.8 Å². The van der Waals surface area contributed by atoms with Crippen LogP contribution in [0.15, 0.2) is 48.5 Å². The molecule has 5 heteroatoms. The largest absolute Gasteiger partial charge is 0.353 e. The maximum Gasteiger partial charge on any atom is 0.255 e. The average Bonchev–Trinajstić information content (AvgIpc) is 2.81. The molecular formula is C27H35N3O2. The van der Waals surface area contributed by atoms with Crippen molar-refractivity contribution in [3.63, 3.8) is 0 Å². The first-order chi connectivity index (χ1) is 15.6. The minimum absolute atomic E-state index is 0.0787. The molecule has 0 radical (unpaired) electrons. The number of aryl methyl sites for hydroxylation is 1. The molecule has 2 aromatic rings. The molecule has 0 bridgehead atoms. The van der Waals surface area contributed by atoms with Crippen LogP contribution in [0.3, 0.4) is 0 Å². The highest BCUT2D eigenvalue weighted by atomic mass is 16.2. The van der Waals surface area contributed by atoms with E-state index < -0.39 is 0 Å². The van der Waals surface area contributed by atoms with Crippen molar-refractivity contribution in [3.05, 3.63) is 65.2 Å². The Morgan fingerprint density at radius 1 is 0.938 bits per heavy atom. The molecule has 1 saturated carbocycles. The lowest BCUT2D eigenvalue weighted by Crippen LogP contribution is -2.44. The molecule has 1 saturated heterocycles. The van der Waals surface area contributed by atoms with Crippen LogP contribution in [0.25, 0.3) is 0 Å². The number of benzene rings is 2. The smallest absolute Gasteiger partial charge is 0.255 e. The molecule has 2 fully saturated rings. The number of hydrogen-bond acceptors (Lipinski definition) is 3. The van der Waals surface area contributed by atoms with Crippen LogP contribution in [0.1, 0.15) is 66.4 Å². The Labute approximate surface area is 191 Å². The number of nitrogens with one attached hydrogen (secondary N) is 2. The summed E-state index contributed by atoms with van der Waals surface area (Å²) >= 11 is 0. The van der Waals surface area contributed by atoms with E-state index in [0.717, 1.165) is 56.6 Å². The first kappa shape index (κ1) is 22.5. The Morgan fingerprint density at radius 3 is 2.44 bits per heavy atom. The van der Waals surface area contributed by atoms with Crippen molar-refractivity contribution >= 4 is 17.5 Å². The topological polar surface area (TPSA) is 61.4 Å². The van der Waals surface area contributed by atoms with Gasteiger partial charge >= 0.3 is 0 Å². The quantitative estimate of drug-likeness (QED) is 0.681. The van der Waals surface area contributed by atoms with Gasteiger partial charge in [-0.3, -0.25) is 14.5 Å². The van der Waals surface area contributed by atoms with E-state index in [4.69, 9.17) is 0 Å². The van der Waals surface area contributed by atoms with Crippen molar-refractivity contribution in [2.45, 2.75) is 64.5 Å². The summed E-state index contributed by atoms with van der Waals surface area (Å²) in [6.45, 7) is 4.65. The van der Waals surface area contributed by atoms with E-state index in [1.165, 1.54) is 24.8 Å². The zero-order valence-electron chi connectivity index (χ0n) is 19.1. The second-order valence-electron chi connectivity index (χ2n) is 9.36. The second kappa shape index (κ2) is 10.8. The summed E-state index contributed by atoms with van der Waals surface area (Å²) in [4.78, 5) is 27.7. The first-order valence-electron chi connectivity index (χ1n) is 12.1. The Balaban J connectivity index is 1.27. The Hall–Kier alpha value is -2.66. The SMILES string of the molecule is Cc1ccccc1C(=O)Nc1cccc(CN2CCC(C(=O)NC3CCCCC3)CC2)c1. The number of hydrogen-bond donors (Lipinski definition) is 2. The van der Waals surface area contributed by atoms with Gasteiger partial charge in [-0.15, -0.1) is 0 Å². The van der Waals surface area contributed by atoms with E-state index in [9.17, 15) is 9.59 Å². The fourth-order valence-corrected chi connectivity index (χ4v) is 4.95. The molecule has 1 heterocycles. The lowest BCUT2D eigenvalue weighted by molar-refractivity contribution is -0.127. The van der Waals surface area contributed by atoms with Crippen molar-refractivity contribution in [2.75, 3.05) is 18.4 Å². The molecular weight excluding hydrogens is 398 g/mol. The van der Waals surface area contributed by atoms with Gasteiger partial charge in [-0.25, -0.2) is 0 Å². The molecule has 1 aliphatic carbocycles. The molecule has 0 spiro atoms. The third-order valence-corrected chi connectivity index (χ3v) is 6.89. The van der Waals surface area contributed by atoms with Crippen LogP contribution in [0.2, 0.25) is 0 Å². The molecule has 32 heavy (non-hydrogen) atoms. The normalized spacial score (nSPS) is 18.3. The summed E-state index contributed by atoms with van der Waals surface area (Å²) < 4.78 is 0. The summed E-state index contributed by atoms with van der Waals surface area (Å²) in [7, 11) is 0. The average molecular weight is 434 g/mol. The molecule has 5 nitrogen and oxygen atoms in total. The molecule has 4 rings (SSSR count). The number of amides is 2. The van der Waals surface area contributed by atoms with E-state index in [1.54, 1.807) is 0 Å². The Kier molecular flexibility index (Phi) is 7.59. The molecule has 1 aliphatic heterocycles. The predicted molar refractivity (Wildman–Crippen MR) is 129 cm³/mol. The van der Waals surface area contributed by atoms with E-state index in [2.05, 4.69) is 27.7 Å². The molecule has 2 aliphatic rings. The third-order valence-electron chi connectivity index (χ3n) is 6.89. The number of piperidine rings is 1. The van der Waals surface area contributed by atoms with Crippen LogP contribution in [0.4, 0.5) is 5.69 Å². The molecule has 170 valence electrons. The molecule has 0 atom stereocenters. The van der Waals surface area contributed by atoms with Crippen molar-refractivity contribution in [1.29, 1.82) is 0 Å². The summed E-state index contributed by atoms with van der Waals surface area (Å²) in [5.41, 5.74) is 3.67. The van der Waals surface area contributed by atoms with Crippen molar-refractivity contribution in [3.8, 4) is 0 Å². The van der Waals surface area contributed by atoms with E-state index >= 15 is 0 Å². The molecule has 2 N–H and O–H groups in total. The van der Waals surface area contributed by atoms with E-state index in [1.807, 2.05) is 43.3 Å². The van der Waals surface area contributed by atoms with Crippen LogP contribution < -0.4 is 10.6 Å². The number of nitrogens with zero attached hydrogens (tertiary/aromatic N) is 1. The van der Waals surface area contributed by atoms with Gasteiger partial charge in [0.1, 0.15) is 0 Å². The fraction of sp³-hybridized carbons (Fsp3) is 0.481. The molecule has 2 aromatic carbocycles. The van der Waals surface area contributed by atoms with E-state index in [-0.39, 0.29) is 17.7 Å². The van der Waals surface area contributed by atoms with Crippen molar-refractivity contribution < 1.29 is 9.59 Å². The van der Waals surface area contributed by atoms with Gasteiger partial charge in [0.05, 0.1) is 0 Å². The van der Waals surface area contributed by atoms with Crippen molar-refractivity contribution in [1.82, 2.24) is 10.2 Å². The minimum Gasteiger partial charge on any atom is -0.353 e. The molecule has 2 amide bonds. The number of anilines is 1. The lowest BCUT2D eigenvalue weighted by Gasteiger charge is -2.32. The van der Waals surface area contributed by atoms with Gasteiger partial charge < -0.3 is 10.6 Å². The van der Waals surface area contributed by atoms with Crippen LogP contribution >= 0.6 is 0 Å². The fourth-order valence-electron chi connectivity index (χ4n) is 4.95. The summed E-state index contributed by atoms with van der Waals surface area (Å²) in [5, 5.41) is 6.33. The van der Waals surface area contributed by atoms with Gasteiger partial charge in [-0.05, 0) is 75.0 Å². The zero-order valence-corrected chi connectivity index (χ0v) is 19.1. The van der Waals surface area contributed by atoms with Crippen LogP contribution in [0.5, 0.6) is 0 Å². The first-order valence-corrected chi connectivity index (χ1v) is 12.1. The predicted octanol–water partition coefficient (Wildman–Crippen LogP) is 4.91. The number of likely N-dealkylation sites (tertiary alicyclic amines) is 1. The number of carbonyl (C=O) groups excluding carboxylic acids is 2. The summed E-state index contributed by atoms with van der Waals surface area (Å²) in [6, 6.07) is 16.1. The van der Waals surface area contributed by atoms with Crippen molar-refractivity contribution in [2.24, 2.45) is 5.92 Å². The second-order valence-corrected chi connectivity index (χ2v) is 9.36. The third kappa shape index (κ3) is 5.98. The highest BCUT2D eigenvalue weighted by molar-refractivity contribution is 6.05. The van der Waals surface area contributed by atoms with Gasteiger partial charge in [-0.2, -0.15) is 0 Å². The highest BCUT2D eigenvalue weighted by Gasteiger charge is 2.27. The number of carbonyl (C=O) groups is 2. The van der Waals surface area contributed by atoms with Crippen LogP contribution in [-0.2, 0) is 11.3 Å².